The molecule has 9 nitrogen and oxygen atoms in total. The van der Waals surface area contributed by atoms with Crippen molar-refractivity contribution in [3.63, 3.8) is 0 Å². The molecule has 5 heterocycles. The molecule has 0 radical (unpaired) electrons. The fourth-order valence-corrected chi connectivity index (χ4v) is 5.27. The molecule has 0 spiro atoms. The molecule has 0 aliphatic carbocycles. The molecule has 33 heavy (non-hydrogen) atoms. The second-order valence-corrected chi connectivity index (χ2v) is 9.26. The van der Waals surface area contributed by atoms with Gasteiger partial charge in [-0.25, -0.2) is 9.50 Å². The number of amides is 1. The van der Waals surface area contributed by atoms with Crippen LogP contribution < -0.4 is 10.6 Å². The molecule has 1 aromatic carbocycles. The third-order valence-electron chi connectivity index (χ3n) is 6.96. The Bertz CT molecular complexity index is 1340. The SMILES string of the molecule is Cc1cn2nc(C3CCCCN3C(=O)c3cccc4cn[nH]c34)cc2nc1N1CCC(N)C1. The molecule has 170 valence electrons. The summed E-state index contributed by atoms with van der Waals surface area (Å²) < 4.78 is 1.84. The van der Waals surface area contributed by atoms with E-state index in [-0.39, 0.29) is 18.0 Å². The van der Waals surface area contributed by atoms with E-state index >= 15 is 0 Å². The number of H-pyrrole nitrogens is 1. The fourth-order valence-electron chi connectivity index (χ4n) is 5.27. The highest BCUT2D eigenvalue weighted by atomic mass is 16.2. The zero-order chi connectivity index (χ0) is 22.5. The first kappa shape index (κ1) is 20.2. The molecule has 2 aliphatic heterocycles. The van der Waals surface area contributed by atoms with E-state index in [9.17, 15) is 4.79 Å². The van der Waals surface area contributed by atoms with Crippen molar-refractivity contribution in [1.82, 2.24) is 29.7 Å². The molecule has 1 amide bonds. The first-order valence-electron chi connectivity index (χ1n) is 11.7. The number of nitrogens with two attached hydrogens (primary N) is 1. The standard InChI is InChI=1S/C24H28N8O/c1-15-13-32-21(27-23(15)30-10-8-17(25)14-30)11-19(29-32)20-7-2-3-9-31(20)24(33)18-6-4-5-16-12-26-28-22(16)18/h4-6,11-13,17,20H,2-3,7-10,14,25H2,1H3,(H,26,28). The Morgan fingerprint density at radius 3 is 2.97 bits per heavy atom. The first-order valence-corrected chi connectivity index (χ1v) is 11.7. The Morgan fingerprint density at radius 1 is 1.21 bits per heavy atom. The van der Waals surface area contributed by atoms with Crippen LogP contribution in [0.5, 0.6) is 0 Å². The van der Waals surface area contributed by atoms with E-state index in [4.69, 9.17) is 15.8 Å². The number of fused-ring (bicyclic) bond motifs is 2. The summed E-state index contributed by atoms with van der Waals surface area (Å²) in [5.41, 5.74) is 10.3. The predicted octanol–water partition coefficient (Wildman–Crippen LogP) is 2.82. The number of aromatic nitrogens is 5. The van der Waals surface area contributed by atoms with Crippen molar-refractivity contribution < 1.29 is 4.79 Å². The number of rotatable bonds is 3. The van der Waals surface area contributed by atoms with Crippen LogP contribution in [0.2, 0.25) is 0 Å². The van der Waals surface area contributed by atoms with E-state index < -0.39 is 0 Å². The third kappa shape index (κ3) is 3.43. The summed E-state index contributed by atoms with van der Waals surface area (Å²) in [7, 11) is 0. The number of carbonyl (C=O) groups excluding carboxylic acids is 1. The van der Waals surface area contributed by atoms with Crippen LogP contribution in [0, 0.1) is 6.92 Å². The van der Waals surface area contributed by atoms with Gasteiger partial charge >= 0.3 is 0 Å². The van der Waals surface area contributed by atoms with Crippen molar-refractivity contribution in [2.45, 2.75) is 44.7 Å². The molecule has 0 bridgehead atoms. The number of likely N-dealkylation sites (tertiary alicyclic amines) is 1. The molecule has 2 unspecified atom stereocenters. The lowest BCUT2D eigenvalue weighted by molar-refractivity contribution is 0.0607. The number of aryl methyl sites for hydroxylation is 1. The molecule has 6 rings (SSSR count). The van der Waals surface area contributed by atoms with Crippen LogP contribution in [-0.2, 0) is 0 Å². The molecule has 2 saturated heterocycles. The molecule has 9 heteroatoms. The minimum atomic E-state index is -0.0740. The largest absolute Gasteiger partial charge is 0.355 e. The van der Waals surface area contributed by atoms with Gasteiger partial charge in [0, 0.05) is 48.9 Å². The Morgan fingerprint density at radius 2 is 2.12 bits per heavy atom. The summed E-state index contributed by atoms with van der Waals surface area (Å²) in [6, 6.07) is 7.90. The Kier molecular flexibility index (Phi) is 4.79. The molecule has 2 aliphatic rings. The smallest absolute Gasteiger partial charge is 0.256 e. The van der Waals surface area contributed by atoms with E-state index in [1.54, 1.807) is 6.20 Å². The van der Waals surface area contributed by atoms with Crippen molar-refractivity contribution in [3.05, 3.63) is 53.5 Å². The topological polar surface area (TPSA) is 108 Å². The number of benzene rings is 1. The summed E-state index contributed by atoms with van der Waals surface area (Å²) in [5.74, 6) is 0.992. The number of para-hydroxylation sites is 1. The zero-order valence-corrected chi connectivity index (χ0v) is 18.7. The van der Waals surface area contributed by atoms with E-state index in [0.717, 1.165) is 72.4 Å². The number of hydrogen-bond acceptors (Lipinski definition) is 6. The number of nitrogens with zero attached hydrogens (tertiary/aromatic N) is 6. The number of carbonyl (C=O) groups is 1. The van der Waals surface area contributed by atoms with Crippen LogP contribution in [0.1, 0.15) is 53.3 Å². The monoisotopic (exact) mass is 444 g/mol. The number of piperidine rings is 1. The minimum absolute atomic E-state index is 0.0162. The van der Waals surface area contributed by atoms with Crippen LogP contribution >= 0.6 is 0 Å². The second kappa shape index (κ2) is 7.84. The first-order chi connectivity index (χ1) is 16.1. The Balaban J connectivity index is 1.35. The Hall–Kier alpha value is -3.46. The lowest BCUT2D eigenvalue weighted by atomic mass is 9.98. The number of hydrogen-bond donors (Lipinski definition) is 2. The van der Waals surface area contributed by atoms with Crippen molar-refractivity contribution >= 4 is 28.3 Å². The van der Waals surface area contributed by atoms with Gasteiger partial charge in [0.25, 0.3) is 5.91 Å². The summed E-state index contributed by atoms with van der Waals surface area (Å²) in [6.07, 6.45) is 7.72. The average molecular weight is 445 g/mol. The minimum Gasteiger partial charge on any atom is -0.355 e. The van der Waals surface area contributed by atoms with Crippen LogP contribution in [0.25, 0.3) is 16.6 Å². The maximum absolute atomic E-state index is 13.6. The van der Waals surface area contributed by atoms with Crippen LogP contribution in [0.15, 0.2) is 36.7 Å². The normalized spacial score (nSPS) is 21.4. The summed E-state index contributed by atoms with van der Waals surface area (Å²) in [4.78, 5) is 22.8. The van der Waals surface area contributed by atoms with Gasteiger partial charge in [0.1, 0.15) is 5.82 Å². The average Bonchev–Trinajstić information content (AvgIpc) is 3.57. The lowest BCUT2D eigenvalue weighted by Gasteiger charge is -2.34. The lowest BCUT2D eigenvalue weighted by Crippen LogP contribution is -2.38. The molecule has 3 aromatic heterocycles. The number of anilines is 1. The fraction of sp³-hybridized carbons (Fsp3) is 0.417. The maximum Gasteiger partial charge on any atom is 0.256 e. The van der Waals surface area contributed by atoms with Crippen molar-refractivity contribution in [2.24, 2.45) is 5.73 Å². The van der Waals surface area contributed by atoms with Gasteiger partial charge < -0.3 is 15.5 Å². The van der Waals surface area contributed by atoms with Crippen LogP contribution in [-0.4, -0.2) is 61.3 Å². The quantitative estimate of drug-likeness (QED) is 0.503. The molecule has 2 atom stereocenters. The highest BCUT2D eigenvalue weighted by molar-refractivity contribution is 6.05. The summed E-state index contributed by atoms with van der Waals surface area (Å²) in [5, 5.41) is 12.9. The molecule has 4 aromatic rings. The summed E-state index contributed by atoms with van der Waals surface area (Å²) >= 11 is 0. The Labute approximate surface area is 191 Å². The van der Waals surface area contributed by atoms with Crippen molar-refractivity contribution in [1.29, 1.82) is 0 Å². The van der Waals surface area contributed by atoms with E-state index in [1.807, 2.05) is 39.9 Å². The maximum atomic E-state index is 13.6. The van der Waals surface area contributed by atoms with Gasteiger partial charge in [0.2, 0.25) is 0 Å². The van der Waals surface area contributed by atoms with Gasteiger partial charge in [-0.3, -0.25) is 9.89 Å². The zero-order valence-electron chi connectivity index (χ0n) is 18.7. The van der Waals surface area contributed by atoms with Gasteiger partial charge in [0.15, 0.2) is 5.65 Å². The van der Waals surface area contributed by atoms with Crippen molar-refractivity contribution in [3.8, 4) is 0 Å². The van der Waals surface area contributed by atoms with Crippen LogP contribution in [0.3, 0.4) is 0 Å². The number of nitrogens with one attached hydrogen (secondary N) is 1. The number of aromatic amines is 1. The van der Waals surface area contributed by atoms with E-state index in [0.29, 0.717) is 12.1 Å². The van der Waals surface area contributed by atoms with Gasteiger partial charge in [0.05, 0.1) is 29.0 Å². The highest BCUT2D eigenvalue weighted by Gasteiger charge is 2.32. The third-order valence-corrected chi connectivity index (χ3v) is 6.96. The second-order valence-electron chi connectivity index (χ2n) is 9.26. The van der Waals surface area contributed by atoms with Gasteiger partial charge in [-0.2, -0.15) is 10.2 Å². The molecule has 2 fully saturated rings. The van der Waals surface area contributed by atoms with Crippen molar-refractivity contribution in [2.75, 3.05) is 24.5 Å². The summed E-state index contributed by atoms with van der Waals surface area (Å²) in [6.45, 7) is 4.53. The van der Waals surface area contributed by atoms with Crippen LogP contribution in [0.4, 0.5) is 5.82 Å². The van der Waals surface area contributed by atoms with Gasteiger partial charge in [-0.1, -0.05) is 12.1 Å². The molecule has 0 saturated carbocycles. The van der Waals surface area contributed by atoms with E-state index in [2.05, 4.69) is 22.0 Å². The van der Waals surface area contributed by atoms with Gasteiger partial charge in [-0.05, 0) is 38.7 Å². The highest BCUT2D eigenvalue weighted by Crippen LogP contribution is 2.33. The molecular formula is C24H28N8O. The predicted molar refractivity (Wildman–Crippen MR) is 126 cm³/mol. The molecular weight excluding hydrogens is 416 g/mol. The van der Waals surface area contributed by atoms with E-state index in [1.165, 1.54) is 0 Å². The molecule has 3 N–H and O–H groups in total. The van der Waals surface area contributed by atoms with Gasteiger partial charge in [-0.15, -0.1) is 0 Å².